The quantitative estimate of drug-likeness (QED) is 0.834. The van der Waals surface area contributed by atoms with Crippen LogP contribution in [0.3, 0.4) is 0 Å². The van der Waals surface area contributed by atoms with Crippen LogP contribution in [-0.4, -0.2) is 25.0 Å². The molecule has 1 heterocycles. The lowest BCUT2D eigenvalue weighted by Gasteiger charge is -2.29. The van der Waals surface area contributed by atoms with Gasteiger partial charge in [0.05, 0.1) is 13.0 Å². The second-order valence-corrected chi connectivity index (χ2v) is 6.51. The molecule has 1 aliphatic heterocycles. The van der Waals surface area contributed by atoms with Crippen LogP contribution in [0.2, 0.25) is 0 Å². The fourth-order valence-corrected chi connectivity index (χ4v) is 3.23. The Balaban J connectivity index is 1.97. The molecular formula is C21H23NO4. The maximum Gasteiger partial charge on any atom is 0.328 e. The van der Waals surface area contributed by atoms with Gasteiger partial charge in [0.15, 0.2) is 0 Å². The number of amides is 1. The molecule has 0 spiro atoms. The largest absolute Gasteiger partial charge is 0.467 e. The Morgan fingerprint density at radius 1 is 1.08 bits per heavy atom. The van der Waals surface area contributed by atoms with Gasteiger partial charge in [0.1, 0.15) is 17.5 Å². The van der Waals surface area contributed by atoms with Gasteiger partial charge < -0.3 is 14.8 Å². The topological polar surface area (TPSA) is 64.6 Å². The van der Waals surface area contributed by atoms with Crippen molar-refractivity contribution in [1.29, 1.82) is 0 Å². The van der Waals surface area contributed by atoms with E-state index in [0.29, 0.717) is 11.5 Å². The number of carbonyl (C=O) groups excluding carboxylic acids is 2. The number of hydrogen-bond acceptors (Lipinski definition) is 4. The van der Waals surface area contributed by atoms with E-state index in [1.165, 1.54) is 7.11 Å². The Morgan fingerprint density at radius 2 is 1.62 bits per heavy atom. The number of para-hydroxylation sites is 2. The summed E-state index contributed by atoms with van der Waals surface area (Å²) in [4.78, 5) is 25.4. The van der Waals surface area contributed by atoms with Crippen LogP contribution in [0, 0.1) is 5.92 Å². The van der Waals surface area contributed by atoms with Crippen molar-refractivity contribution in [3.8, 4) is 11.5 Å². The molecule has 1 aliphatic rings. The van der Waals surface area contributed by atoms with Crippen LogP contribution in [0.15, 0.2) is 48.5 Å². The molecule has 26 heavy (non-hydrogen) atoms. The lowest BCUT2D eigenvalue weighted by Crippen LogP contribution is -2.47. The molecule has 0 bridgehead atoms. The summed E-state index contributed by atoms with van der Waals surface area (Å²) in [5, 5.41) is 2.90. The first kappa shape index (κ1) is 18.0. The molecule has 0 saturated carbocycles. The highest BCUT2D eigenvalue weighted by atomic mass is 16.5. The SMILES string of the molecule is CC[C@H](C)[C@@H](NC(=O)C1c2ccccc2Oc2ccccc21)C(=O)OC. The summed E-state index contributed by atoms with van der Waals surface area (Å²) < 4.78 is 10.8. The molecular weight excluding hydrogens is 330 g/mol. The standard InChI is InChI=1S/C21H23NO4/c1-4-13(2)19(21(24)25-3)22-20(23)18-14-9-5-7-11-16(14)26-17-12-8-6-10-15(17)18/h5-13,18-19H,4H2,1-3H3,(H,22,23)/t13-,19+/m0/s1. The fraction of sp³-hybridized carbons (Fsp3) is 0.333. The number of benzene rings is 2. The van der Waals surface area contributed by atoms with E-state index in [0.717, 1.165) is 17.5 Å². The summed E-state index contributed by atoms with van der Waals surface area (Å²) in [7, 11) is 1.34. The van der Waals surface area contributed by atoms with Crippen molar-refractivity contribution in [1.82, 2.24) is 5.32 Å². The molecule has 5 heteroatoms. The summed E-state index contributed by atoms with van der Waals surface area (Å²) in [5.41, 5.74) is 1.58. The normalized spacial score (nSPS) is 15.0. The summed E-state index contributed by atoms with van der Waals surface area (Å²) >= 11 is 0. The number of ether oxygens (including phenoxy) is 2. The van der Waals surface area contributed by atoms with Crippen LogP contribution >= 0.6 is 0 Å². The molecule has 0 saturated heterocycles. The molecule has 0 aliphatic carbocycles. The third kappa shape index (κ3) is 3.29. The zero-order valence-electron chi connectivity index (χ0n) is 15.2. The monoisotopic (exact) mass is 353 g/mol. The first-order chi connectivity index (χ1) is 12.6. The predicted octanol–water partition coefficient (Wildman–Crippen LogP) is 3.63. The van der Waals surface area contributed by atoms with Crippen LogP contribution < -0.4 is 10.1 Å². The molecule has 5 nitrogen and oxygen atoms in total. The minimum atomic E-state index is -0.681. The van der Waals surface area contributed by atoms with E-state index in [1.54, 1.807) is 0 Å². The summed E-state index contributed by atoms with van der Waals surface area (Å²) in [6.45, 7) is 3.90. The third-order valence-electron chi connectivity index (χ3n) is 4.91. The number of esters is 1. The second kappa shape index (κ2) is 7.60. The molecule has 0 radical (unpaired) electrons. The van der Waals surface area contributed by atoms with Crippen molar-refractivity contribution >= 4 is 11.9 Å². The van der Waals surface area contributed by atoms with E-state index in [-0.39, 0.29) is 11.8 Å². The highest BCUT2D eigenvalue weighted by molar-refractivity contribution is 5.92. The summed E-state index contributed by atoms with van der Waals surface area (Å²) in [5.74, 6) is 0.0864. The van der Waals surface area contributed by atoms with Crippen molar-refractivity contribution in [2.24, 2.45) is 5.92 Å². The van der Waals surface area contributed by atoms with Gasteiger partial charge in [-0.25, -0.2) is 4.79 Å². The van der Waals surface area contributed by atoms with Crippen LogP contribution in [0.4, 0.5) is 0 Å². The van der Waals surface area contributed by atoms with Crippen molar-refractivity contribution in [2.45, 2.75) is 32.2 Å². The van der Waals surface area contributed by atoms with Crippen LogP contribution in [0.5, 0.6) is 11.5 Å². The summed E-state index contributed by atoms with van der Waals surface area (Å²) in [6, 6.07) is 14.3. The van der Waals surface area contributed by atoms with Gasteiger partial charge in [-0.1, -0.05) is 56.7 Å². The van der Waals surface area contributed by atoms with Crippen molar-refractivity contribution < 1.29 is 19.1 Å². The molecule has 0 unspecified atom stereocenters. The Bertz CT molecular complexity index is 772. The summed E-state index contributed by atoms with van der Waals surface area (Å²) in [6.07, 6.45) is 0.751. The van der Waals surface area contributed by atoms with Gasteiger partial charge in [-0.05, 0) is 18.1 Å². The van der Waals surface area contributed by atoms with E-state index in [4.69, 9.17) is 9.47 Å². The van der Waals surface area contributed by atoms with E-state index in [2.05, 4.69) is 5.32 Å². The maximum atomic E-state index is 13.2. The van der Waals surface area contributed by atoms with Crippen LogP contribution in [0.25, 0.3) is 0 Å². The van der Waals surface area contributed by atoms with Gasteiger partial charge in [-0.3, -0.25) is 4.79 Å². The van der Waals surface area contributed by atoms with Gasteiger partial charge in [0.2, 0.25) is 5.91 Å². The van der Waals surface area contributed by atoms with Gasteiger partial charge in [0, 0.05) is 11.1 Å². The Hall–Kier alpha value is -2.82. The van der Waals surface area contributed by atoms with E-state index in [1.807, 2.05) is 62.4 Å². The highest BCUT2D eigenvalue weighted by Crippen LogP contribution is 2.43. The van der Waals surface area contributed by atoms with Crippen molar-refractivity contribution in [2.75, 3.05) is 7.11 Å². The Morgan fingerprint density at radius 3 is 2.12 bits per heavy atom. The lowest BCUT2D eigenvalue weighted by atomic mass is 9.86. The minimum absolute atomic E-state index is 0.0308. The van der Waals surface area contributed by atoms with E-state index < -0.39 is 17.9 Å². The smallest absolute Gasteiger partial charge is 0.328 e. The number of fused-ring (bicyclic) bond motifs is 2. The maximum absolute atomic E-state index is 13.2. The van der Waals surface area contributed by atoms with Crippen molar-refractivity contribution in [3.05, 3.63) is 59.7 Å². The van der Waals surface area contributed by atoms with Gasteiger partial charge in [-0.15, -0.1) is 0 Å². The second-order valence-electron chi connectivity index (χ2n) is 6.51. The Kier molecular flexibility index (Phi) is 5.26. The van der Waals surface area contributed by atoms with Gasteiger partial charge >= 0.3 is 5.97 Å². The van der Waals surface area contributed by atoms with Gasteiger partial charge in [-0.2, -0.15) is 0 Å². The average Bonchev–Trinajstić information content (AvgIpc) is 2.68. The minimum Gasteiger partial charge on any atom is -0.467 e. The first-order valence-corrected chi connectivity index (χ1v) is 8.80. The molecule has 1 N–H and O–H groups in total. The number of nitrogens with one attached hydrogen (secondary N) is 1. The molecule has 1 amide bonds. The van der Waals surface area contributed by atoms with E-state index >= 15 is 0 Å². The predicted molar refractivity (Wildman–Crippen MR) is 98.2 cm³/mol. The molecule has 0 aromatic heterocycles. The molecule has 0 fully saturated rings. The number of hydrogen-bond donors (Lipinski definition) is 1. The zero-order chi connectivity index (χ0) is 18.7. The molecule has 136 valence electrons. The number of rotatable bonds is 5. The fourth-order valence-electron chi connectivity index (χ4n) is 3.23. The number of carbonyl (C=O) groups is 2. The molecule has 2 aromatic carbocycles. The average molecular weight is 353 g/mol. The first-order valence-electron chi connectivity index (χ1n) is 8.80. The number of methoxy groups -OCH3 is 1. The Labute approximate surface area is 153 Å². The third-order valence-corrected chi connectivity index (χ3v) is 4.91. The highest BCUT2D eigenvalue weighted by Gasteiger charge is 2.35. The van der Waals surface area contributed by atoms with Gasteiger partial charge in [0.25, 0.3) is 0 Å². The van der Waals surface area contributed by atoms with Crippen LogP contribution in [-0.2, 0) is 14.3 Å². The lowest BCUT2D eigenvalue weighted by molar-refractivity contribution is -0.146. The molecule has 3 rings (SSSR count). The van der Waals surface area contributed by atoms with Crippen LogP contribution in [0.1, 0.15) is 37.3 Å². The molecule has 2 atom stereocenters. The molecule has 2 aromatic rings. The van der Waals surface area contributed by atoms with E-state index in [9.17, 15) is 9.59 Å². The zero-order valence-corrected chi connectivity index (χ0v) is 15.2. The van der Waals surface area contributed by atoms with Crippen molar-refractivity contribution in [3.63, 3.8) is 0 Å².